The first kappa shape index (κ1) is 16.6. The number of nitrogens with zero attached hydrogens (tertiary/aromatic N) is 1. The maximum Gasteiger partial charge on any atom is 0.241 e. The molecular weight excluding hydrogens is 254 g/mol. The lowest BCUT2D eigenvalue weighted by Crippen LogP contribution is -2.33. The maximum absolute atomic E-state index is 11.5. The quantitative estimate of drug-likeness (QED) is 0.427. The Bertz CT molecular complexity index is 406. The van der Waals surface area contributed by atoms with E-state index in [1.165, 1.54) is 5.56 Å². The van der Waals surface area contributed by atoms with Crippen LogP contribution >= 0.6 is 0 Å². The largest absolute Gasteiger partial charge is 0.383 e. The molecule has 0 heterocycles. The topological polar surface area (TPSA) is 67.6 Å². The first-order chi connectivity index (χ1) is 9.62. The van der Waals surface area contributed by atoms with Crippen molar-refractivity contribution in [2.45, 2.75) is 26.3 Å². The Balaban J connectivity index is 2.63. The Hall–Kier alpha value is -1.43. The van der Waals surface area contributed by atoms with Crippen LogP contribution in [0.3, 0.4) is 0 Å². The summed E-state index contributed by atoms with van der Waals surface area (Å²) in [6, 6.07) is 8.09. The minimum absolute atomic E-state index is 0.173. The number of carbonyl (C=O) groups excluding carboxylic acids is 1. The van der Waals surface area contributed by atoms with E-state index in [0.29, 0.717) is 0 Å². The van der Waals surface area contributed by atoms with Gasteiger partial charge in [-0.1, -0.05) is 31.2 Å². The van der Waals surface area contributed by atoms with Crippen molar-refractivity contribution >= 4 is 5.91 Å². The molecule has 0 fully saturated rings. The van der Waals surface area contributed by atoms with Gasteiger partial charge in [-0.2, -0.15) is 0 Å². The lowest BCUT2D eigenvalue weighted by molar-refractivity contribution is -0.122. The van der Waals surface area contributed by atoms with Crippen LogP contribution in [-0.2, 0) is 16.1 Å². The first-order valence-corrected chi connectivity index (χ1v) is 6.93. The van der Waals surface area contributed by atoms with Crippen molar-refractivity contribution in [3.63, 3.8) is 0 Å². The molecule has 0 saturated heterocycles. The third-order valence-electron chi connectivity index (χ3n) is 3.48. The molecule has 0 aliphatic carbocycles. The number of amides is 1. The highest BCUT2D eigenvalue weighted by atomic mass is 16.5. The van der Waals surface area contributed by atoms with Gasteiger partial charge in [-0.25, -0.2) is 5.84 Å². The molecule has 5 nitrogen and oxygen atoms in total. The van der Waals surface area contributed by atoms with Gasteiger partial charge in [-0.05, 0) is 24.6 Å². The van der Waals surface area contributed by atoms with Crippen LogP contribution in [0.5, 0.6) is 0 Å². The predicted molar refractivity (Wildman–Crippen MR) is 80.0 cm³/mol. The highest BCUT2D eigenvalue weighted by molar-refractivity contribution is 5.82. The summed E-state index contributed by atoms with van der Waals surface area (Å²) in [6.07, 6.45) is 0. The predicted octanol–water partition coefficient (Wildman–Crippen LogP) is 1.25. The summed E-state index contributed by atoms with van der Waals surface area (Å²) in [6.45, 7) is 7.50. The minimum atomic E-state index is -0.232. The lowest BCUT2D eigenvalue weighted by atomic mass is 9.99. The van der Waals surface area contributed by atoms with E-state index in [-0.39, 0.29) is 11.8 Å². The highest BCUT2D eigenvalue weighted by Crippen LogP contribution is 2.16. The van der Waals surface area contributed by atoms with Crippen LogP contribution in [0.25, 0.3) is 0 Å². The fraction of sp³-hybridized carbons (Fsp3) is 0.533. The van der Waals surface area contributed by atoms with E-state index in [4.69, 9.17) is 10.6 Å². The zero-order valence-corrected chi connectivity index (χ0v) is 12.6. The van der Waals surface area contributed by atoms with Gasteiger partial charge in [-0.15, -0.1) is 0 Å². The maximum atomic E-state index is 11.5. The molecule has 0 aliphatic rings. The van der Waals surface area contributed by atoms with E-state index < -0.39 is 0 Å². The molecule has 1 unspecified atom stereocenters. The van der Waals surface area contributed by atoms with Crippen molar-refractivity contribution in [3.05, 3.63) is 35.4 Å². The van der Waals surface area contributed by atoms with E-state index in [2.05, 4.69) is 29.4 Å². The second-order valence-electron chi connectivity index (χ2n) is 4.83. The number of likely N-dealkylation sites (N-methyl/N-ethyl adjacent to an activating group) is 1. The Morgan fingerprint density at radius 1 is 1.40 bits per heavy atom. The number of hydrogen-bond acceptors (Lipinski definition) is 4. The fourth-order valence-electron chi connectivity index (χ4n) is 2.02. The summed E-state index contributed by atoms with van der Waals surface area (Å²) < 4.78 is 5.10. The molecule has 1 amide bonds. The molecule has 0 spiro atoms. The van der Waals surface area contributed by atoms with Gasteiger partial charge in [-0.3, -0.25) is 15.1 Å². The van der Waals surface area contributed by atoms with Crippen molar-refractivity contribution in [2.24, 2.45) is 5.84 Å². The monoisotopic (exact) mass is 279 g/mol. The molecule has 1 rings (SSSR count). The second-order valence-corrected chi connectivity index (χ2v) is 4.83. The average molecular weight is 279 g/mol. The molecule has 0 saturated carbocycles. The van der Waals surface area contributed by atoms with Crippen LogP contribution in [0.4, 0.5) is 0 Å². The van der Waals surface area contributed by atoms with Crippen LogP contribution in [0.15, 0.2) is 24.3 Å². The van der Waals surface area contributed by atoms with E-state index in [0.717, 1.165) is 31.8 Å². The fourth-order valence-corrected chi connectivity index (χ4v) is 2.02. The smallest absolute Gasteiger partial charge is 0.241 e. The first-order valence-electron chi connectivity index (χ1n) is 6.93. The Morgan fingerprint density at radius 3 is 2.55 bits per heavy atom. The van der Waals surface area contributed by atoms with Gasteiger partial charge in [0.15, 0.2) is 0 Å². The van der Waals surface area contributed by atoms with Crippen LogP contribution < -0.4 is 11.3 Å². The van der Waals surface area contributed by atoms with Crippen LogP contribution in [0.2, 0.25) is 0 Å². The van der Waals surface area contributed by atoms with Crippen molar-refractivity contribution in [1.29, 1.82) is 0 Å². The van der Waals surface area contributed by atoms with Crippen molar-refractivity contribution in [1.82, 2.24) is 10.3 Å². The van der Waals surface area contributed by atoms with Crippen LogP contribution in [0.1, 0.15) is 30.9 Å². The Morgan fingerprint density at radius 2 is 2.05 bits per heavy atom. The lowest BCUT2D eigenvalue weighted by Gasteiger charge is -2.20. The van der Waals surface area contributed by atoms with Gasteiger partial charge >= 0.3 is 0 Å². The zero-order chi connectivity index (χ0) is 15.0. The molecular formula is C15H25N3O2. The SMILES string of the molecule is CCN(CCOC)Cc1ccc(C(C)C(=O)NN)cc1. The summed E-state index contributed by atoms with van der Waals surface area (Å²) >= 11 is 0. The molecule has 1 aromatic rings. The second kappa shape index (κ2) is 8.68. The molecule has 0 radical (unpaired) electrons. The van der Waals surface area contributed by atoms with E-state index >= 15 is 0 Å². The Kier molecular flexibility index (Phi) is 7.22. The number of carbonyl (C=O) groups is 1. The number of benzene rings is 1. The number of methoxy groups -OCH3 is 1. The zero-order valence-electron chi connectivity index (χ0n) is 12.6. The molecule has 1 aromatic carbocycles. The summed E-state index contributed by atoms with van der Waals surface area (Å²) in [5.41, 5.74) is 4.38. The van der Waals surface area contributed by atoms with Gasteiger partial charge in [0.25, 0.3) is 0 Å². The minimum Gasteiger partial charge on any atom is -0.383 e. The van der Waals surface area contributed by atoms with E-state index in [9.17, 15) is 4.79 Å². The highest BCUT2D eigenvalue weighted by Gasteiger charge is 2.13. The normalized spacial score (nSPS) is 12.4. The Labute approximate surface area is 121 Å². The van der Waals surface area contributed by atoms with Gasteiger partial charge in [0, 0.05) is 20.2 Å². The molecule has 0 aliphatic heterocycles. The van der Waals surface area contributed by atoms with Crippen molar-refractivity contribution in [2.75, 3.05) is 26.8 Å². The summed E-state index contributed by atoms with van der Waals surface area (Å²) in [7, 11) is 1.71. The van der Waals surface area contributed by atoms with Crippen LogP contribution in [0, 0.1) is 0 Å². The standard InChI is InChI=1S/C15H25N3O2/c1-4-18(9-10-20-3)11-13-5-7-14(8-6-13)12(2)15(19)17-16/h5-8,12H,4,9-11,16H2,1-3H3,(H,17,19). The number of nitrogens with one attached hydrogen (secondary N) is 1. The number of rotatable bonds is 8. The molecule has 3 N–H and O–H groups in total. The molecule has 1 atom stereocenters. The van der Waals surface area contributed by atoms with E-state index in [1.54, 1.807) is 7.11 Å². The number of ether oxygens (including phenoxy) is 1. The third-order valence-corrected chi connectivity index (χ3v) is 3.48. The number of hydrazine groups is 1. The summed E-state index contributed by atoms with van der Waals surface area (Å²) in [5.74, 6) is 4.75. The van der Waals surface area contributed by atoms with Gasteiger partial charge < -0.3 is 4.74 Å². The van der Waals surface area contributed by atoms with Gasteiger partial charge in [0.05, 0.1) is 12.5 Å². The number of nitrogens with two attached hydrogens (primary N) is 1. The van der Waals surface area contributed by atoms with Gasteiger partial charge in [0.2, 0.25) is 5.91 Å². The molecule has 20 heavy (non-hydrogen) atoms. The van der Waals surface area contributed by atoms with Crippen molar-refractivity contribution < 1.29 is 9.53 Å². The van der Waals surface area contributed by atoms with E-state index in [1.807, 2.05) is 19.1 Å². The van der Waals surface area contributed by atoms with Gasteiger partial charge in [0.1, 0.15) is 0 Å². The molecule has 0 bridgehead atoms. The number of hydrogen-bond donors (Lipinski definition) is 2. The molecule has 112 valence electrons. The molecule has 5 heteroatoms. The van der Waals surface area contributed by atoms with Crippen molar-refractivity contribution in [3.8, 4) is 0 Å². The summed E-state index contributed by atoms with van der Waals surface area (Å²) in [4.78, 5) is 13.8. The third kappa shape index (κ3) is 4.92. The average Bonchev–Trinajstić information content (AvgIpc) is 2.50. The summed E-state index contributed by atoms with van der Waals surface area (Å²) in [5, 5.41) is 0. The molecule has 0 aromatic heterocycles. The van der Waals surface area contributed by atoms with Crippen LogP contribution in [-0.4, -0.2) is 37.6 Å².